The summed E-state index contributed by atoms with van der Waals surface area (Å²) in [5, 5.41) is 0. The molecule has 20 heavy (non-hydrogen) atoms. The van der Waals surface area contributed by atoms with Gasteiger partial charge in [0.25, 0.3) is 10.1 Å². The fraction of sp³-hybridized carbons (Fsp3) is 0.462. The van der Waals surface area contributed by atoms with Gasteiger partial charge in [-0.15, -0.1) is 0 Å². The monoisotopic (exact) mass is 302 g/mol. The molecular formula is C13H20NO5S+. The van der Waals surface area contributed by atoms with E-state index in [1.165, 1.54) is 0 Å². The maximum atomic E-state index is 10.9. The van der Waals surface area contributed by atoms with Crippen molar-refractivity contribution in [2.24, 2.45) is 0 Å². The summed E-state index contributed by atoms with van der Waals surface area (Å²) in [7, 11) is -0.157. The zero-order valence-corrected chi connectivity index (χ0v) is 12.5. The van der Waals surface area contributed by atoms with Crippen LogP contribution in [0.2, 0.25) is 0 Å². The quantitative estimate of drug-likeness (QED) is 0.338. The van der Waals surface area contributed by atoms with Gasteiger partial charge in [-0.2, -0.15) is 8.42 Å². The summed E-state index contributed by atoms with van der Waals surface area (Å²) in [6.07, 6.45) is 1.07. The molecule has 1 aromatic rings. The van der Waals surface area contributed by atoms with Gasteiger partial charge in [0.1, 0.15) is 5.75 Å². The van der Waals surface area contributed by atoms with Gasteiger partial charge in [-0.3, -0.25) is 13.8 Å². The minimum absolute atomic E-state index is 0.264. The van der Waals surface area contributed by atoms with Crippen LogP contribution >= 0.6 is 0 Å². The van der Waals surface area contributed by atoms with Crippen molar-refractivity contribution in [1.82, 2.24) is 0 Å². The lowest BCUT2D eigenvalue weighted by molar-refractivity contribution is -0.905. The number of nitrogens with zero attached hydrogens (tertiary/aromatic N) is 1. The highest BCUT2D eigenvalue weighted by molar-refractivity contribution is 7.85. The summed E-state index contributed by atoms with van der Waals surface area (Å²) in [5.74, 6) is 0.239. The van der Waals surface area contributed by atoms with Crippen molar-refractivity contribution in [2.45, 2.75) is 6.42 Å². The van der Waals surface area contributed by atoms with E-state index in [9.17, 15) is 13.2 Å². The second-order valence-corrected chi connectivity index (χ2v) is 6.80. The van der Waals surface area contributed by atoms with Gasteiger partial charge in [-0.1, -0.05) is 12.1 Å². The van der Waals surface area contributed by atoms with Crippen molar-refractivity contribution in [3.63, 3.8) is 0 Å². The van der Waals surface area contributed by atoms with E-state index in [1.807, 2.05) is 14.1 Å². The van der Waals surface area contributed by atoms with E-state index in [4.69, 9.17) is 9.29 Å². The summed E-state index contributed by atoms with van der Waals surface area (Å²) >= 11 is 0. The predicted molar refractivity (Wildman–Crippen MR) is 75.3 cm³/mol. The van der Waals surface area contributed by atoms with Crippen LogP contribution in [-0.2, 0) is 10.1 Å². The number of aldehydes is 1. The number of carbonyl (C=O) groups is 1. The van der Waals surface area contributed by atoms with Crippen LogP contribution in [0.1, 0.15) is 16.8 Å². The normalized spacial score (nSPS) is 12.2. The number of benzene rings is 1. The second kappa shape index (κ2) is 6.83. The van der Waals surface area contributed by atoms with Crippen molar-refractivity contribution in [3.05, 3.63) is 29.8 Å². The molecule has 1 N–H and O–H groups in total. The summed E-state index contributed by atoms with van der Waals surface area (Å²) in [6.45, 7) is 0.833. The fourth-order valence-electron chi connectivity index (χ4n) is 1.69. The molecule has 0 saturated heterocycles. The van der Waals surface area contributed by atoms with Crippen LogP contribution < -0.4 is 4.74 Å². The summed E-state index contributed by atoms with van der Waals surface area (Å²) in [4.78, 5) is 10.9. The van der Waals surface area contributed by atoms with Gasteiger partial charge >= 0.3 is 0 Å². The zero-order chi connectivity index (χ0) is 15.2. The molecule has 0 bridgehead atoms. The van der Waals surface area contributed by atoms with Crippen LogP contribution in [0.15, 0.2) is 24.3 Å². The Bertz CT molecular complexity index is 554. The molecule has 0 atom stereocenters. The Labute approximate surface area is 119 Å². The molecule has 0 fully saturated rings. The van der Waals surface area contributed by atoms with Gasteiger partial charge in [0.15, 0.2) is 6.29 Å². The van der Waals surface area contributed by atoms with E-state index in [0.29, 0.717) is 35.5 Å². The topological polar surface area (TPSA) is 80.7 Å². The van der Waals surface area contributed by atoms with Gasteiger partial charge in [-0.05, 0) is 12.1 Å². The number of hydrogen-bond acceptors (Lipinski definition) is 4. The summed E-state index contributed by atoms with van der Waals surface area (Å²) in [6, 6.07) is 6.91. The maximum Gasteiger partial charge on any atom is 0.265 e. The molecule has 0 unspecified atom stereocenters. The van der Waals surface area contributed by atoms with Gasteiger partial charge in [0, 0.05) is 6.42 Å². The minimum Gasteiger partial charge on any atom is -0.445 e. The predicted octanol–water partition coefficient (Wildman–Crippen LogP) is 1.19. The molecule has 0 amide bonds. The average Bonchev–Trinajstić information content (AvgIpc) is 2.35. The fourth-order valence-corrected chi connectivity index (χ4v) is 2.19. The van der Waals surface area contributed by atoms with Crippen molar-refractivity contribution in [3.8, 4) is 5.75 Å². The molecule has 0 aliphatic carbocycles. The lowest BCUT2D eigenvalue weighted by Crippen LogP contribution is -2.44. The highest BCUT2D eigenvalue weighted by atomic mass is 32.2. The molecule has 6 nitrogen and oxygen atoms in total. The van der Waals surface area contributed by atoms with Crippen LogP contribution in [0, 0.1) is 0 Å². The Hall–Kier alpha value is -1.44. The third kappa shape index (κ3) is 6.14. The van der Waals surface area contributed by atoms with E-state index in [1.54, 1.807) is 24.3 Å². The van der Waals surface area contributed by atoms with Crippen LogP contribution in [0.25, 0.3) is 0 Å². The third-order valence-corrected chi connectivity index (χ3v) is 3.59. The Morgan fingerprint density at radius 1 is 1.30 bits per heavy atom. The van der Waals surface area contributed by atoms with Crippen molar-refractivity contribution in [2.75, 3.05) is 33.1 Å². The molecule has 0 aliphatic rings. The van der Waals surface area contributed by atoms with Crippen molar-refractivity contribution >= 4 is 16.4 Å². The summed E-state index contributed by atoms with van der Waals surface area (Å²) < 4.78 is 36.0. The Balaban J connectivity index is 2.52. The molecular weight excluding hydrogens is 282 g/mol. The first-order chi connectivity index (χ1) is 9.23. The lowest BCUT2D eigenvalue weighted by atomic mass is 10.2. The number of quaternary nitrogens is 1. The van der Waals surface area contributed by atoms with E-state index >= 15 is 0 Å². The number of ether oxygens (including phenoxy) is 1. The Kier molecular flexibility index (Phi) is 5.67. The highest BCUT2D eigenvalue weighted by Crippen LogP contribution is 2.16. The molecule has 1 rings (SSSR count). The molecule has 0 heterocycles. The third-order valence-electron chi connectivity index (χ3n) is 2.78. The maximum absolute atomic E-state index is 10.9. The van der Waals surface area contributed by atoms with Crippen LogP contribution in [0.3, 0.4) is 0 Å². The van der Waals surface area contributed by atoms with E-state index in [-0.39, 0.29) is 5.75 Å². The first-order valence-corrected chi connectivity index (χ1v) is 7.79. The first kappa shape index (κ1) is 16.6. The van der Waals surface area contributed by atoms with Crippen molar-refractivity contribution < 1.29 is 27.0 Å². The average molecular weight is 302 g/mol. The Morgan fingerprint density at radius 3 is 2.55 bits per heavy atom. The largest absolute Gasteiger partial charge is 0.445 e. The van der Waals surface area contributed by atoms with Gasteiger partial charge in [-0.25, -0.2) is 0 Å². The molecule has 0 aromatic heterocycles. The van der Waals surface area contributed by atoms with Crippen LogP contribution in [0.5, 0.6) is 5.75 Å². The first-order valence-electron chi connectivity index (χ1n) is 6.18. The van der Waals surface area contributed by atoms with Gasteiger partial charge in [0.2, 0.25) is 6.73 Å². The number of rotatable bonds is 8. The van der Waals surface area contributed by atoms with Crippen molar-refractivity contribution in [1.29, 1.82) is 0 Å². The molecule has 0 radical (unpaired) electrons. The molecule has 112 valence electrons. The van der Waals surface area contributed by atoms with Gasteiger partial charge < -0.3 is 4.74 Å². The van der Waals surface area contributed by atoms with Gasteiger partial charge in [0.05, 0.1) is 32.0 Å². The Morgan fingerprint density at radius 2 is 1.95 bits per heavy atom. The summed E-state index contributed by atoms with van der Waals surface area (Å²) in [5.41, 5.74) is 0.477. The number of carbonyl (C=O) groups excluding carboxylic acids is 1. The molecule has 7 heteroatoms. The molecule has 0 saturated carbocycles. The highest BCUT2D eigenvalue weighted by Gasteiger charge is 2.18. The van der Waals surface area contributed by atoms with E-state index in [2.05, 4.69) is 0 Å². The zero-order valence-electron chi connectivity index (χ0n) is 11.7. The lowest BCUT2D eigenvalue weighted by Gasteiger charge is -2.29. The smallest absolute Gasteiger partial charge is 0.265 e. The molecule has 0 aliphatic heterocycles. The molecule has 0 spiro atoms. The minimum atomic E-state index is -3.92. The van der Waals surface area contributed by atoms with Crippen LogP contribution in [-0.4, -0.2) is 56.9 Å². The SMILES string of the molecule is C[N+](C)(CCCS(=O)(=O)O)COc1ccccc1C=O. The number of hydrogen-bond donors (Lipinski definition) is 1. The second-order valence-electron chi connectivity index (χ2n) is 5.23. The van der Waals surface area contributed by atoms with E-state index in [0.717, 1.165) is 6.29 Å². The van der Waals surface area contributed by atoms with E-state index < -0.39 is 10.1 Å². The number of para-hydroxylation sites is 1. The van der Waals surface area contributed by atoms with Crippen LogP contribution in [0.4, 0.5) is 0 Å². The standard InChI is InChI=1S/C13H19NO5S/c1-14(2,8-5-9-20(16,17)18)11-19-13-7-4-3-6-12(13)10-15/h3-4,6-7,10H,5,8-9,11H2,1-2H3/p+1. The molecule has 1 aromatic carbocycles.